The molecule has 3 aliphatic rings. The first-order chi connectivity index (χ1) is 7.93. The van der Waals surface area contributed by atoms with Crippen LogP contribution in [0, 0.1) is 5.92 Å². The number of hydrogen-bond acceptors (Lipinski definition) is 4. The maximum absolute atomic E-state index is 12.0. The van der Waals surface area contributed by atoms with Crippen molar-refractivity contribution in [3.05, 3.63) is 0 Å². The van der Waals surface area contributed by atoms with Crippen LogP contribution in [0.5, 0.6) is 0 Å². The Morgan fingerprint density at radius 3 is 2.06 bits per heavy atom. The summed E-state index contributed by atoms with van der Waals surface area (Å²) in [7, 11) is -2.96. The monoisotopic (exact) mass is 259 g/mol. The zero-order chi connectivity index (χ0) is 12.3. The van der Waals surface area contributed by atoms with Gasteiger partial charge in [0.2, 0.25) is 0 Å². The van der Waals surface area contributed by atoms with Crippen molar-refractivity contribution in [3.63, 3.8) is 0 Å². The second-order valence-corrected chi connectivity index (χ2v) is 8.65. The van der Waals surface area contributed by atoms with E-state index >= 15 is 0 Å². The largest absolute Gasteiger partial charge is 0.388 e. The highest BCUT2D eigenvalue weighted by Gasteiger charge is 2.55. The molecule has 3 fully saturated rings. The van der Waals surface area contributed by atoms with Gasteiger partial charge in [-0.25, -0.2) is 8.42 Å². The standard InChI is InChI=1S/C12H21NO3S/c13-11(8-2-1-3-8)12(14)6-9-4-5-10(7-12)17(9,15)16/h8-11,14H,1-7,13H2. The molecule has 2 aliphatic heterocycles. The Labute approximate surface area is 102 Å². The zero-order valence-electron chi connectivity index (χ0n) is 10.0. The number of nitrogens with two attached hydrogens (primary N) is 1. The van der Waals surface area contributed by atoms with Crippen molar-refractivity contribution in [3.8, 4) is 0 Å². The minimum Gasteiger partial charge on any atom is -0.388 e. The second kappa shape index (κ2) is 3.68. The fraction of sp³-hybridized carbons (Fsp3) is 1.00. The average Bonchev–Trinajstić information content (AvgIpc) is 2.36. The first-order valence-electron chi connectivity index (χ1n) is 6.64. The molecule has 2 saturated heterocycles. The summed E-state index contributed by atoms with van der Waals surface area (Å²) in [6.07, 6.45) is 5.53. The van der Waals surface area contributed by atoms with Crippen LogP contribution in [0.25, 0.3) is 0 Å². The van der Waals surface area contributed by atoms with Crippen LogP contribution < -0.4 is 5.73 Å². The van der Waals surface area contributed by atoms with Gasteiger partial charge in [0.25, 0.3) is 0 Å². The van der Waals surface area contributed by atoms with Crippen molar-refractivity contribution in [2.75, 3.05) is 0 Å². The Kier molecular flexibility index (Phi) is 2.58. The number of rotatable bonds is 2. The molecule has 2 heterocycles. The van der Waals surface area contributed by atoms with E-state index in [-0.39, 0.29) is 16.5 Å². The molecule has 98 valence electrons. The van der Waals surface area contributed by atoms with Crippen LogP contribution >= 0.6 is 0 Å². The van der Waals surface area contributed by atoms with Crippen molar-refractivity contribution in [2.45, 2.75) is 67.1 Å². The predicted octanol–water partition coefficient (Wildman–Crippen LogP) is 0.584. The van der Waals surface area contributed by atoms with Crippen LogP contribution in [-0.4, -0.2) is 35.7 Å². The molecule has 3 rings (SSSR count). The van der Waals surface area contributed by atoms with E-state index in [0.717, 1.165) is 12.8 Å². The SMILES string of the molecule is NC(C1CCC1)C1(O)CC2CCC(C1)S2(=O)=O. The van der Waals surface area contributed by atoms with E-state index < -0.39 is 15.4 Å². The van der Waals surface area contributed by atoms with Gasteiger partial charge in [0.1, 0.15) is 0 Å². The molecule has 0 aromatic carbocycles. The highest BCUT2D eigenvalue weighted by atomic mass is 32.2. The smallest absolute Gasteiger partial charge is 0.156 e. The maximum atomic E-state index is 12.0. The van der Waals surface area contributed by atoms with Gasteiger partial charge in [-0.2, -0.15) is 0 Å². The molecule has 17 heavy (non-hydrogen) atoms. The third kappa shape index (κ3) is 1.66. The van der Waals surface area contributed by atoms with Crippen LogP contribution in [-0.2, 0) is 9.84 Å². The van der Waals surface area contributed by atoms with Crippen molar-refractivity contribution in [1.82, 2.24) is 0 Å². The number of hydrogen-bond donors (Lipinski definition) is 2. The van der Waals surface area contributed by atoms with Crippen molar-refractivity contribution in [1.29, 1.82) is 0 Å². The quantitative estimate of drug-likeness (QED) is 0.760. The highest BCUT2D eigenvalue weighted by molar-refractivity contribution is 7.93. The highest BCUT2D eigenvalue weighted by Crippen LogP contribution is 2.47. The van der Waals surface area contributed by atoms with Crippen molar-refractivity contribution < 1.29 is 13.5 Å². The molecule has 0 amide bonds. The first kappa shape index (κ1) is 11.9. The van der Waals surface area contributed by atoms with Gasteiger partial charge in [0.05, 0.1) is 16.1 Å². The molecule has 0 aromatic heterocycles. The van der Waals surface area contributed by atoms with Crippen molar-refractivity contribution in [2.24, 2.45) is 11.7 Å². The predicted molar refractivity (Wildman–Crippen MR) is 65.2 cm³/mol. The van der Waals surface area contributed by atoms with E-state index in [9.17, 15) is 13.5 Å². The molecule has 2 bridgehead atoms. The minimum absolute atomic E-state index is 0.227. The van der Waals surface area contributed by atoms with E-state index in [2.05, 4.69) is 0 Å². The van der Waals surface area contributed by atoms with Crippen LogP contribution in [0.1, 0.15) is 44.9 Å². The second-order valence-electron chi connectivity index (χ2n) is 6.14. The van der Waals surface area contributed by atoms with Gasteiger partial charge in [-0.1, -0.05) is 6.42 Å². The molecule has 5 heteroatoms. The van der Waals surface area contributed by atoms with E-state index in [1.165, 1.54) is 6.42 Å². The van der Waals surface area contributed by atoms with Gasteiger partial charge >= 0.3 is 0 Å². The lowest BCUT2D eigenvalue weighted by atomic mass is 9.71. The van der Waals surface area contributed by atoms with E-state index in [1.807, 2.05) is 0 Å². The summed E-state index contributed by atoms with van der Waals surface area (Å²) < 4.78 is 24.0. The molecular formula is C12H21NO3S. The van der Waals surface area contributed by atoms with Crippen LogP contribution in [0.2, 0.25) is 0 Å². The summed E-state index contributed by atoms with van der Waals surface area (Å²) in [5, 5.41) is 10.0. The van der Waals surface area contributed by atoms with Gasteiger partial charge in [-0.05, 0) is 44.4 Å². The number of aliphatic hydroxyl groups is 1. The van der Waals surface area contributed by atoms with Crippen LogP contribution in [0.3, 0.4) is 0 Å². The van der Waals surface area contributed by atoms with E-state index in [4.69, 9.17) is 5.73 Å². The van der Waals surface area contributed by atoms with Gasteiger partial charge in [0.15, 0.2) is 9.84 Å². The average molecular weight is 259 g/mol. The lowest BCUT2D eigenvalue weighted by molar-refractivity contribution is -0.0329. The molecule has 0 radical (unpaired) electrons. The molecule has 3 unspecified atom stereocenters. The molecule has 3 N–H and O–H groups in total. The summed E-state index contributed by atoms with van der Waals surface area (Å²) in [5.74, 6) is 0.403. The molecular weight excluding hydrogens is 238 g/mol. The van der Waals surface area contributed by atoms with Crippen LogP contribution in [0.15, 0.2) is 0 Å². The Bertz CT molecular complexity index is 395. The lowest BCUT2D eigenvalue weighted by Gasteiger charge is -2.45. The third-order valence-corrected chi connectivity index (χ3v) is 7.84. The molecule has 0 spiro atoms. The topological polar surface area (TPSA) is 80.4 Å². The summed E-state index contributed by atoms with van der Waals surface area (Å²) in [6.45, 7) is 0. The molecule has 0 aromatic rings. The zero-order valence-corrected chi connectivity index (χ0v) is 10.8. The Morgan fingerprint density at radius 2 is 1.65 bits per heavy atom. The summed E-state index contributed by atoms with van der Waals surface area (Å²) in [4.78, 5) is 0. The minimum atomic E-state index is -2.96. The molecule has 1 saturated carbocycles. The van der Waals surface area contributed by atoms with Gasteiger partial charge in [0, 0.05) is 6.04 Å². The number of fused-ring (bicyclic) bond motifs is 2. The molecule has 3 atom stereocenters. The first-order valence-corrected chi connectivity index (χ1v) is 8.25. The van der Waals surface area contributed by atoms with E-state index in [0.29, 0.717) is 31.6 Å². The number of sulfone groups is 1. The molecule has 1 aliphatic carbocycles. The van der Waals surface area contributed by atoms with Gasteiger partial charge < -0.3 is 10.8 Å². The molecule has 4 nitrogen and oxygen atoms in total. The summed E-state index contributed by atoms with van der Waals surface area (Å²) >= 11 is 0. The fourth-order valence-corrected chi connectivity index (χ4v) is 6.31. The maximum Gasteiger partial charge on any atom is 0.156 e. The normalized spacial score (nSPS) is 46.5. The lowest BCUT2D eigenvalue weighted by Crippen LogP contribution is -2.59. The van der Waals surface area contributed by atoms with Crippen molar-refractivity contribution >= 4 is 9.84 Å². The third-order valence-electron chi connectivity index (χ3n) is 5.18. The van der Waals surface area contributed by atoms with E-state index in [1.54, 1.807) is 0 Å². The van der Waals surface area contributed by atoms with Gasteiger partial charge in [-0.3, -0.25) is 0 Å². The Balaban J connectivity index is 1.82. The Morgan fingerprint density at radius 1 is 1.12 bits per heavy atom. The van der Waals surface area contributed by atoms with Gasteiger partial charge in [-0.15, -0.1) is 0 Å². The summed E-state index contributed by atoms with van der Waals surface area (Å²) in [5.41, 5.74) is 5.26. The summed E-state index contributed by atoms with van der Waals surface area (Å²) in [6, 6.07) is -0.227. The Hall–Kier alpha value is -0.130. The van der Waals surface area contributed by atoms with Crippen LogP contribution in [0.4, 0.5) is 0 Å². The fourth-order valence-electron chi connectivity index (χ4n) is 3.79.